The molecule has 0 saturated heterocycles. The summed E-state index contributed by atoms with van der Waals surface area (Å²) < 4.78 is 56.7. The highest BCUT2D eigenvalue weighted by atomic mass is 32.2. The van der Waals surface area contributed by atoms with Crippen LogP contribution in [0.15, 0.2) is 39.2 Å². The van der Waals surface area contributed by atoms with Gasteiger partial charge in [0.2, 0.25) is 20.0 Å². The van der Waals surface area contributed by atoms with Crippen LogP contribution < -0.4 is 4.72 Å². The fourth-order valence-corrected chi connectivity index (χ4v) is 5.00. The molecule has 0 unspecified atom stereocenters. The highest BCUT2D eigenvalue weighted by Gasteiger charge is 2.20. The third-order valence-electron chi connectivity index (χ3n) is 3.02. The topological polar surface area (TPSA) is 96.7 Å². The van der Waals surface area contributed by atoms with E-state index in [4.69, 9.17) is 4.42 Å². The maximum Gasteiger partial charge on any atom is 0.250 e. The van der Waals surface area contributed by atoms with Crippen molar-refractivity contribution in [3.8, 4) is 0 Å². The highest BCUT2D eigenvalue weighted by Crippen LogP contribution is 2.20. The predicted molar refractivity (Wildman–Crippen MR) is 88.2 cm³/mol. The fraction of sp³-hybridized carbons (Fsp3) is 0.385. The molecule has 0 aliphatic rings. The maximum absolute atomic E-state index is 12.1. The van der Waals surface area contributed by atoms with Gasteiger partial charge in [-0.1, -0.05) is 0 Å². The van der Waals surface area contributed by atoms with E-state index in [0.29, 0.717) is 5.76 Å². The summed E-state index contributed by atoms with van der Waals surface area (Å²) >= 11 is 1.17. The van der Waals surface area contributed by atoms with Gasteiger partial charge in [0.15, 0.2) is 0 Å². The van der Waals surface area contributed by atoms with Crippen molar-refractivity contribution >= 4 is 31.4 Å². The number of nitrogens with zero attached hydrogens (tertiary/aromatic N) is 1. The first-order valence-electron chi connectivity index (χ1n) is 6.72. The third kappa shape index (κ3) is 5.15. The van der Waals surface area contributed by atoms with Crippen molar-refractivity contribution < 1.29 is 21.3 Å². The Hall–Kier alpha value is -1.20. The van der Waals surface area contributed by atoms with E-state index in [9.17, 15) is 16.8 Å². The lowest BCUT2D eigenvalue weighted by atomic mass is 10.4. The third-order valence-corrected chi connectivity index (χ3v) is 7.22. The van der Waals surface area contributed by atoms with E-state index < -0.39 is 20.0 Å². The average molecular weight is 378 g/mol. The Morgan fingerprint density at radius 1 is 1.22 bits per heavy atom. The number of nitrogens with one attached hydrogen (secondary N) is 1. The van der Waals surface area contributed by atoms with Crippen LogP contribution in [0.4, 0.5) is 0 Å². The van der Waals surface area contributed by atoms with Crippen LogP contribution in [-0.2, 0) is 26.6 Å². The molecule has 0 atom stereocenters. The van der Waals surface area contributed by atoms with Crippen molar-refractivity contribution in [2.24, 2.45) is 0 Å². The zero-order valence-corrected chi connectivity index (χ0v) is 15.2. The molecule has 7 nitrogen and oxygen atoms in total. The van der Waals surface area contributed by atoms with Crippen molar-refractivity contribution in [3.05, 3.63) is 41.2 Å². The van der Waals surface area contributed by atoms with Gasteiger partial charge in [-0.15, -0.1) is 11.3 Å². The van der Waals surface area contributed by atoms with Gasteiger partial charge < -0.3 is 4.42 Å². The first kappa shape index (κ1) is 18.1. The molecule has 128 valence electrons. The summed E-state index contributed by atoms with van der Waals surface area (Å²) in [4.78, 5) is 0.890. The van der Waals surface area contributed by atoms with Crippen LogP contribution in [-0.4, -0.2) is 40.5 Å². The summed E-state index contributed by atoms with van der Waals surface area (Å²) in [5.74, 6) is 0.493. The van der Waals surface area contributed by atoms with E-state index >= 15 is 0 Å². The number of rotatable bonds is 8. The molecule has 23 heavy (non-hydrogen) atoms. The van der Waals surface area contributed by atoms with Gasteiger partial charge in [0.1, 0.15) is 9.97 Å². The quantitative estimate of drug-likeness (QED) is 0.749. The van der Waals surface area contributed by atoms with E-state index in [0.717, 1.165) is 15.4 Å². The lowest BCUT2D eigenvalue weighted by Crippen LogP contribution is -2.37. The van der Waals surface area contributed by atoms with Crippen molar-refractivity contribution in [1.29, 1.82) is 0 Å². The lowest BCUT2D eigenvalue weighted by molar-refractivity contribution is 0.368. The summed E-state index contributed by atoms with van der Waals surface area (Å²) in [6.07, 6.45) is 2.53. The molecule has 2 rings (SSSR count). The first-order valence-corrected chi connectivity index (χ1v) is 10.9. The molecule has 0 fully saturated rings. The smallest absolute Gasteiger partial charge is 0.250 e. The molecule has 10 heteroatoms. The molecule has 2 aromatic heterocycles. The van der Waals surface area contributed by atoms with Crippen LogP contribution in [0.5, 0.6) is 0 Å². The molecule has 2 heterocycles. The second kappa shape index (κ2) is 7.14. The minimum Gasteiger partial charge on any atom is -0.468 e. The van der Waals surface area contributed by atoms with E-state index in [2.05, 4.69) is 4.72 Å². The highest BCUT2D eigenvalue weighted by molar-refractivity contribution is 7.91. The predicted octanol–water partition coefficient (Wildman–Crippen LogP) is 1.39. The Morgan fingerprint density at radius 3 is 2.48 bits per heavy atom. The van der Waals surface area contributed by atoms with Gasteiger partial charge in [-0.25, -0.2) is 21.6 Å². The summed E-state index contributed by atoms with van der Waals surface area (Å²) in [6, 6.07) is 6.58. The van der Waals surface area contributed by atoms with Crippen molar-refractivity contribution in [2.45, 2.75) is 17.7 Å². The van der Waals surface area contributed by atoms with Crippen LogP contribution >= 0.6 is 11.3 Å². The minimum atomic E-state index is -3.62. The Bertz CT molecular complexity index is 838. The molecule has 2 aromatic rings. The van der Waals surface area contributed by atoms with Crippen LogP contribution in [0.25, 0.3) is 0 Å². The molecule has 0 bridgehead atoms. The number of hydrogen-bond donors (Lipinski definition) is 1. The largest absolute Gasteiger partial charge is 0.468 e. The molecule has 0 aliphatic carbocycles. The lowest BCUT2D eigenvalue weighted by Gasteiger charge is -2.18. The van der Waals surface area contributed by atoms with Gasteiger partial charge in [-0.05, 0) is 31.2 Å². The Labute approximate surface area is 140 Å². The van der Waals surface area contributed by atoms with Crippen molar-refractivity contribution in [3.63, 3.8) is 0 Å². The molecule has 0 spiro atoms. The first-order chi connectivity index (χ1) is 10.7. The number of thiophene rings is 1. The molecule has 0 aliphatic heterocycles. The standard InChI is InChI=1S/C13H18N2O5S3/c1-11-5-6-13(21-11)23(18,19)14-7-8-15(22(2,16)17)10-12-4-3-9-20-12/h3-6,9,14H,7-8,10H2,1-2H3. The Balaban J connectivity index is 1.99. The fourth-order valence-electron chi connectivity index (χ4n) is 1.87. The van der Waals surface area contributed by atoms with Crippen LogP contribution in [0, 0.1) is 6.92 Å². The Morgan fingerprint density at radius 2 is 1.96 bits per heavy atom. The zero-order valence-electron chi connectivity index (χ0n) is 12.7. The van der Waals surface area contributed by atoms with E-state index in [1.165, 1.54) is 23.7 Å². The summed E-state index contributed by atoms with van der Waals surface area (Å²) in [7, 11) is -7.10. The van der Waals surface area contributed by atoms with Gasteiger partial charge in [-0.2, -0.15) is 4.31 Å². The molecule has 0 aromatic carbocycles. The van der Waals surface area contributed by atoms with Crippen LogP contribution in [0.1, 0.15) is 10.6 Å². The van der Waals surface area contributed by atoms with Gasteiger partial charge in [-0.3, -0.25) is 0 Å². The minimum absolute atomic E-state index is 0.0170. The number of furan rings is 1. The van der Waals surface area contributed by atoms with Gasteiger partial charge in [0, 0.05) is 18.0 Å². The number of sulfonamides is 2. The van der Waals surface area contributed by atoms with Crippen LogP contribution in [0.3, 0.4) is 0 Å². The zero-order chi connectivity index (χ0) is 17.1. The molecule has 0 saturated carbocycles. The van der Waals surface area contributed by atoms with E-state index in [-0.39, 0.29) is 23.8 Å². The van der Waals surface area contributed by atoms with E-state index in [1.807, 2.05) is 6.92 Å². The number of hydrogen-bond acceptors (Lipinski definition) is 6. The van der Waals surface area contributed by atoms with E-state index in [1.54, 1.807) is 18.2 Å². The molecule has 0 radical (unpaired) electrons. The Kier molecular flexibility index (Phi) is 5.63. The molecule has 0 amide bonds. The normalized spacial score (nSPS) is 12.8. The monoisotopic (exact) mass is 378 g/mol. The van der Waals surface area contributed by atoms with Crippen molar-refractivity contribution in [2.75, 3.05) is 19.3 Å². The molecular formula is C13H18N2O5S3. The van der Waals surface area contributed by atoms with Gasteiger partial charge in [0.05, 0.1) is 19.1 Å². The second-order valence-electron chi connectivity index (χ2n) is 4.94. The second-order valence-corrected chi connectivity index (χ2v) is 10.2. The SMILES string of the molecule is Cc1ccc(S(=O)(=O)NCCN(Cc2ccco2)S(C)(=O)=O)s1. The maximum atomic E-state index is 12.1. The average Bonchev–Trinajstić information content (AvgIpc) is 3.08. The van der Waals surface area contributed by atoms with Crippen molar-refractivity contribution in [1.82, 2.24) is 9.03 Å². The van der Waals surface area contributed by atoms with Crippen LogP contribution in [0.2, 0.25) is 0 Å². The summed E-state index contributed by atoms with van der Waals surface area (Å²) in [5, 5.41) is 0. The number of aryl methyl sites for hydroxylation is 1. The van der Waals surface area contributed by atoms with Gasteiger partial charge in [0.25, 0.3) is 0 Å². The summed E-state index contributed by atoms with van der Waals surface area (Å²) in [6.45, 7) is 1.88. The summed E-state index contributed by atoms with van der Waals surface area (Å²) in [5.41, 5.74) is 0. The van der Waals surface area contributed by atoms with Gasteiger partial charge >= 0.3 is 0 Å². The molecule has 1 N–H and O–H groups in total. The molecular weight excluding hydrogens is 360 g/mol.